The zero-order valence-corrected chi connectivity index (χ0v) is 17.0. The van der Waals surface area contributed by atoms with Gasteiger partial charge < -0.3 is 9.47 Å². The first-order valence-electron chi connectivity index (χ1n) is 9.69. The van der Waals surface area contributed by atoms with Crippen molar-refractivity contribution in [2.24, 2.45) is 5.10 Å². The van der Waals surface area contributed by atoms with Crippen LogP contribution < -0.4 is 9.47 Å². The molecule has 5 rings (SSSR count). The molecule has 0 fully saturated rings. The van der Waals surface area contributed by atoms with Crippen molar-refractivity contribution in [1.82, 2.24) is 5.01 Å². The number of carbonyl (C=O) groups excluding carboxylic acids is 1. The highest BCUT2D eigenvalue weighted by Crippen LogP contribution is 2.44. The second-order valence-corrected chi connectivity index (χ2v) is 7.69. The third-order valence-electron chi connectivity index (χ3n) is 5.46. The maximum absolute atomic E-state index is 13.3. The predicted molar refractivity (Wildman–Crippen MR) is 115 cm³/mol. The molecule has 2 aliphatic rings. The summed E-state index contributed by atoms with van der Waals surface area (Å²) in [6.45, 7) is 0. The second-order valence-electron chi connectivity index (χ2n) is 7.26. The number of halogens is 1. The van der Waals surface area contributed by atoms with Crippen LogP contribution in [0.1, 0.15) is 33.9 Å². The van der Waals surface area contributed by atoms with E-state index in [0.29, 0.717) is 22.8 Å². The van der Waals surface area contributed by atoms with Gasteiger partial charge in [-0.1, -0.05) is 41.9 Å². The standard InChI is InChI=1S/C24H19ClN2O3/c1-29-18-10-7-15(8-11-18)20-14-21-19-13-17(25)9-12-22(19)30-24(27(21)26-20)23(28)16-5-3-2-4-6-16/h2-13,21,24H,14H2,1H3/t21-,24+/m1/s1. The molecule has 0 N–H and O–H groups in total. The van der Waals surface area contributed by atoms with Gasteiger partial charge in [-0.05, 0) is 48.0 Å². The smallest absolute Gasteiger partial charge is 0.251 e. The molecule has 0 unspecified atom stereocenters. The molecule has 0 saturated carbocycles. The van der Waals surface area contributed by atoms with Crippen molar-refractivity contribution in [3.8, 4) is 11.5 Å². The Balaban J connectivity index is 1.56. The van der Waals surface area contributed by atoms with E-state index < -0.39 is 6.23 Å². The number of hydrogen-bond acceptors (Lipinski definition) is 5. The second kappa shape index (κ2) is 7.50. The zero-order chi connectivity index (χ0) is 20.7. The van der Waals surface area contributed by atoms with E-state index in [1.54, 1.807) is 30.3 Å². The van der Waals surface area contributed by atoms with Crippen LogP contribution in [0.15, 0.2) is 77.9 Å². The van der Waals surface area contributed by atoms with E-state index >= 15 is 0 Å². The van der Waals surface area contributed by atoms with Gasteiger partial charge in [0.25, 0.3) is 6.23 Å². The van der Waals surface area contributed by atoms with Gasteiger partial charge in [0.2, 0.25) is 5.78 Å². The first-order chi connectivity index (χ1) is 14.6. The molecule has 0 aliphatic carbocycles. The highest BCUT2D eigenvalue weighted by Gasteiger charge is 2.43. The van der Waals surface area contributed by atoms with Crippen LogP contribution in [0.3, 0.4) is 0 Å². The van der Waals surface area contributed by atoms with Gasteiger partial charge in [0.1, 0.15) is 11.5 Å². The average Bonchev–Trinajstić information content (AvgIpc) is 3.24. The highest BCUT2D eigenvalue weighted by molar-refractivity contribution is 6.30. The lowest BCUT2D eigenvalue weighted by atomic mass is 9.95. The van der Waals surface area contributed by atoms with Gasteiger partial charge in [-0.25, -0.2) is 5.01 Å². The molecule has 0 bridgehead atoms. The third-order valence-corrected chi connectivity index (χ3v) is 5.69. The summed E-state index contributed by atoms with van der Waals surface area (Å²) in [5.41, 5.74) is 3.41. The number of fused-ring (bicyclic) bond motifs is 3. The SMILES string of the molecule is COc1ccc(C2=NN3[C@H](C2)c2cc(Cl)ccc2O[C@H]3C(=O)c2ccccc2)cc1. The summed E-state index contributed by atoms with van der Waals surface area (Å²) < 4.78 is 11.4. The van der Waals surface area contributed by atoms with Crippen LogP contribution in [0.25, 0.3) is 0 Å². The Morgan fingerprint density at radius 2 is 1.87 bits per heavy atom. The van der Waals surface area contributed by atoms with Crippen molar-refractivity contribution in [2.75, 3.05) is 7.11 Å². The van der Waals surface area contributed by atoms with Crippen LogP contribution in [0.2, 0.25) is 5.02 Å². The number of methoxy groups -OCH3 is 1. The number of hydrazone groups is 1. The van der Waals surface area contributed by atoms with Crippen molar-refractivity contribution >= 4 is 23.1 Å². The van der Waals surface area contributed by atoms with Gasteiger partial charge in [0.05, 0.1) is 18.9 Å². The number of ether oxygens (including phenoxy) is 2. The normalized spacial score (nSPS) is 19.4. The maximum atomic E-state index is 13.3. The van der Waals surface area contributed by atoms with E-state index in [1.165, 1.54) is 0 Å². The zero-order valence-electron chi connectivity index (χ0n) is 16.3. The maximum Gasteiger partial charge on any atom is 0.251 e. The Morgan fingerprint density at radius 1 is 1.10 bits per heavy atom. The van der Waals surface area contributed by atoms with Gasteiger partial charge >= 0.3 is 0 Å². The lowest BCUT2D eigenvalue weighted by Gasteiger charge is -2.37. The van der Waals surface area contributed by atoms with Crippen molar-refractivity contribution < 1.29 is 14.3 Å². The molecule has 3 aromatic rings. The molecular weight excluding hydrogens is 400 g/mol. The third kappa shape index (κ3) is 3.21. The number of Topliss-reactive ketones (excluding diaryl/α,β-unsaturated/α-hetero) is 1. The van der Waals surface area contributed by atoms with Crippen LogP contribution in [0.4, 0.5) is 0 Å². The van der Waals surface area contributed by atoms with E-state index in [1.807, 2.05) is 54.6 Å². The Labute approximate surface area is 179 Å². The van der Waals surface area contributed by atoms with Gasteiger partial charge in [-0.3, -0.25) is 4.79 Å². The molecule has 0 aromatic heterocycles. The Bertz CT molecular complexity index is 1130. The Kier molecular flexibility index (Phi) is 4.68. The highest BCUT2D eigenvalue weighted by atomic mass is 35.5. The fourth-order valence-corrected chi connectivity index (χ4v) is 4.11. The molecule has 6 heteroatoms. The largest absolute Gasteiger partial charge is 0.497 e. The van der Waals surface area contributed by atoms with Gasteiger partial charge in [-0.2, -0.15) is 5.10 Å². The molecule has 0 amide bonds. The molecule has 0 radical (unpaired) electrons. The first-order valence-corrected chi connectivity index (χ1v) is 10.1. The minimum Gasteiger partial charge on any atom is -0.497 e. The van der Waals surface area contributed by atoms with Crippen LogP contribution in [0.5, 0.6) is 11.5 Å². The number of benzene rings is 3. The van der Waals surface area contributed by atoms with Gasteiger partial charge in [0, 0.05) is 22.6 Å². The fourth-order valence-electron chi connectivity index (χ4n) is 3.93. The summed E-state index contributed by atoms with van der Waals surface area (Å²) >= 11 is 6.26. The average molecular weight is 419 g/mol. The Hall–Kier alpha value is -3.31. The van der Waals surface area contributed by atoms with Crippen molar-refractivity contribution in [3.63, 3.8) is 0 Å². The summed E-state index contributed by atoms with van der Waals surface area (Å²) in [5.74, 6) is 1.33. The minimum absolute atomic E-state index is 0.123. The van der Waals surface area contributed by atoms with E-state index in [9.17, 15) is 4.79 Å². The number of hydrogen-bond donors (Lipinski definition) is 0. The molecule has 5 nitrogen and oxygen atoms in total. The van der Waals surface area contributed by atoms with Crippen LogP contribution in [-0.2, 0) is 0 Å². The van der Waals surface area contributed by atoms with E-state index in [4.69, 9.17) is 26.2 Å². The topological polar surface area (TPSA) is 51.1 Å². The molecule has 30 heavy (non-hydrogen) atoms. The summed E-state index contributed by atoms with van der Waals surface area (Å²) in [6, 6.07) is 22.3. The van der Waals surface area contributed by atoms with Gasteiger partial charge in [0.15, 0.2) is 0 Å². The van der Waals surface area contributed by atoms with E-state index in [0.717, 1.165) is 22.6 Å². The molecule has 0 spiro atoms. The summed E-state index contributed by atoms with van der Waals surface area (Å²) in [6.07, 6.45) is -0.177. The lowest BCUT2D eigenvalue weighted by Crippen LogP contribution is -2.45. The lowest BCUT2D eigenvalue weighted by molar-refractivity contribution is -0.00455. The molecule has 2 atom stereocenters. The van der Waals surface area contributed by atoms with Crippen LogP contribution in [-0.4, -0.2) is 29.8 Å². The van der Waals surface area contributed by atoms with E-state index in [2.05, 4.69) is 0 Å². The summed E-state index contributed by atoms with van der Waals surface area (Å²) in [4.78, 5) is 13.3. The number of carbonyl (C=O) groups is 1. The quantitative estimate of drug-likeness (QED) is 0.553. The van der Waals surface area contributed by atoms with Crippen molar-refractivity contribution in [2.45, 2.75) is 18.7 Å². The number of rotatable bonds is 4. The van der Waals surface area contributed by atoms with Crippen LogP contribution in [0, 0.1) is 0 Å². The van der Waals surface area contributed by atoms with Crippen molar-refractivity contribution in [1.29, 1.82) is 0 Å². The molecule has 2 aliphatic heterocycles. The monoisotopic (exact) mass is 418 g/mol. The number of nitrogens with zero attached hydrogens (tertiary/aromatic N) is 2. The van der Waals surface area contributed by atoms with Gasteiger partial charge in [-0.15, -0.1) is 0 Å². The van der Waals surface area contributed by atoms with Crippen LogP contribution >= 0.6 is 11.6 Å². The Morgan fingerprint density at radius 3 is 2.60 bits per heavy atom. The first kappa shape index (κ1) is 18.7. The minimum atomic E-state index is -0.832. The molecular formula is C24H19ClN2O3. The molecule has 0 saturated heterocycles. The van der Waals surface area contributed by atoms with E-state index in [-0.39, 0.29) is 11.8 Å². The molecule has 2 heterocycles. The molecule has 3 aromatic carbocycles. The summed E-state index contributed by atoms with van der Waals surface area (Å²) in [5, 5.41) is 7.21. The molecule has 150 valence electrons. The van der Waals surface area contributed by atoms with Crippen molar-refractivity contribution in [3.05, 3.63) is 94.5 Å². The fraction of sp³-hybridized carbons (Fsp3) is 0.167. The number of ketones is 1. The predicted octanol–water partition coefficient (Wildman–Crippen LogP) is 5.10. The summed E-state index contributed by atoms with van der Waals surface area (Å²) in [7, 11) is 1.64.